The first kappa shape index (κ1) is 19.5. The SMILES string of the molecule is CC(C)(C)[Si](C)(C)O[C@]12C[C@@H]3CC[C@@H]4[C@H](CC[C@]5(C)C(=O)CC[C@@H]45)[C@]34C(O1)[C@@H]4C2. The highest BCUT2D eigenvalue weighted by molar-refractivity contribution is 6.74. The summed E-state index contributed by atoms with van der Waals surface area (Å²) in [4.78, 5) is 12.7. The molecule has 0 aromatic carbocycles. The van der Waals surface area contributed by atoms with Gasteiger partial charge in [-0.25, -0.2) is 0 Å². The lowest BCUT2D eigenvalue weighted by Gasteiger charge is -2.59. The number of carbonyl (C=O) groups is 1. The minimum Gasteiger partial charge on any atom is -0.390 e. The molecular formula is C25H40O3Si. The molecule has 0 radical (unpaired) electrons. The Morgan fingerprint density at radius 3 is 2.45 bits per heavy atom. The fourth-order valence-electron chi connectivity index (χ4n) is 9.11. The molecule has 4 bridgehead atoms. The van der Waals surface area contributed by atoms with Crippen LogP contribution in [0.15, 0.2) is 0 Å². The number of ketones is 1. The van der Waals surface area contributed by atoms with Crippen LogP contribution in [0, 0.1) is 40.4 Å². The van der Waals surface area contributed by atoms with Crippen molar-refractivity contribution in [2.24, 2.45) is 40.4 Å². The molecular weight excluding hydrogens is 376 g/mol. The summed E-state index contributed by atoms with van der Waals surface area (Å²) in [6.07, 6.45) is 9.84. The van der Waals surface area contributed by atoms with Crippen molar-refractivity contribution in [3.05, 3.63) is 0 Å². The number of carbonyl (C=O) groups excluding carboxylic acids is 1. The summed E-state index contributed by atoms with van der Waals surface area (Å²) < 4.78 is 13.9. The Balaban J connectivity index is 1.27. The van der Waals surface area contributed by atoms with Crippen LogP contribution >= 0.6 is 0 Å². The molecule has 4 heteroatoms. The number of ether oxygens (including phenoxy) is 1. The van der Waals surface area contributed by atoms with Crippen molar-refractivity contribution in [2.45, 2.75) is 109 Å². The lowest BCUT2D eigenvalue weighted by molar-refractivity contribution is -0.260. The van der Waals surface area contributed by atoms with Gasteiger partial charge in [-0.05, 0) is 79.8 Å². The summed E-state index contributed by atoms with van der Waals surface area (Å²) in [6, 6.07) is 0. The van der Waals surface area contributed by atoms with E-state index in [1.165, 1.54) is 19.3 Å². The fourth-order valence-corrected chi connectivity index (χ4v) is 10.6. The maximum atomic E-state index is 12.7. The minimum absolute atomic E-state index is 0.000626. The molecule has 0 amide bonds. The largest absolute Gasteiger partial charge is 0.390 e. The fraction of sp³-hybridized carbons (Fsp3) is 0.960. The second-order valence-electron chi connectivity index (χ2n) is 13.4. The first-order valence-electron chi connectivity index (χ1n) is 12.4. The van der Waals surface area contributed by atoms with Gasteiger partial charge in [0.2, 0.25) is 0 Å². The van der Waals surface area contributed by atoms with Gasteiger partial charge in [0.05, 0.1) is 6.10 Å². The van der Waals surface area contributed by atoms with Gasteiger partial charge in [0, 0.05) is 30.1 Å². The summed E-state index contributed by atoms with van der Waals surface area (Å²) in [5.41, 5.74) is 0.452. The number of hydrogen-bond donors (Lipinski definition) is 0. The van der Waals surface area contributed by atoms with E-state index < -0.39 is 8.32 Å². The highest BCUT2D eigenvalue weighted by atomic mass is 28.4. The molecule has 3 nitrogen and oxygen atoms in total. The number of rotatable bonds is 2. The summed E-state index contributed by atoms with van der Waals surface area (Å²) in [6.45, 7) is 14.1. The molecule has 2 saturated heterocycles. The van der Waals surface area contributed by atoms with Crippen molar-refractivity contribution in [1.29, 1.82) is 0 Å². The third kappa shape index (κ3) is 2.20. The second kappa shape index (κ2) is 5.40. The van der Waals surface area contributed by atoms with Crippen LogP contribution in [0.3, 0.4) is 0 Å². The molecule has 29 heavy (non-hydrogen) atoms. The molecule has 2 aliphatic heterocycles. The monoisotopic (exact) mass is 416 g/mol. The molecule has 0 aromatic heterocycles. The molecule has 9 atom stereocenters. The summed E-state index contributed by atoms with van der Waals surface area (Å²) in [5, 5.41) is 0.229. The second-order valence-corrected chi connectivity index (χ2v) is 18.1. The van der Waals surface area contributed by atoms with Gasteiger partial charge in [0.15, 0.2) is 14.1 Å². The molecule has 0 aromatic rings. The zero-order valence-corrected chi connectivity index (χ0v) is 20.3. The lowest BCUT2D eigenvalue weighted by Crippen LogP contribution is -2.59. The molecule has 7 fully saturated rings. The van der Waals surface area contributed by atoms with Crippen LogP contribution in [0.5, 0.6) is 0 Å². The maximum absolute atomic E-state index is 12.7. The minimum atomic E-state index is -1.84. The maximum Gasteiger partial charge on any atom is 0.195 e. The van der Waals surface area contributed by atoms with Crippen LogP contribution < -0.4 is 0 Å². The summed E-state index contributed by atoms with van der Waals surface area (Å²) in [5.74, 6) is 4.07. The van der Waals surface area contributed by atoms with Gasteiger partial charge >= 0.3 is 0 Å². The zero-order valence-electron chi connectivity index (χ0n) is 19.3. The molecule has 0 N–H and O–H groups in total. The molecule has 5 aliphatic carbocycles. The molecule has 1 spiro atoms. The van der Waals surface area contributed by atoms with Crippen molar-refractivity contribution in [3.8, 4) is 0 Å². The van der Waals surface area contributed by atoms with E-state index in [1.807, 2.05) is 0 Å². The van der Waals surface area contributed by atoms with E-state index in [4.69, 9.17) is 9.16 Å². The van der Waals surface area contributed by atoms with E-state index in [0.717, 1.165) is 55.8 Å². The average Bonchev–Trinajstić information content (AvgIpc) is 2.92. The van der Waals surface area contributed by atoms with Gasteiger partial charge in [-0.15, -0.1) is 0 Å². The van der Waals surface area contributed by atoms with Gasteiger partial charge in [-0.1, -0.05) is 27.7 Å². The van der Waals surface area contributed by atoms with Crippen molar-refractivity contribution in [3.63, 3.8) is 0 Å². The van der Waals surface area contributed by atoms with E-state index >= 15 is 0 Å². The van der Waals surface area contributed by atoms with Crippen LogP contribution in [0.2, 0.25) is 18.1 Å². The standard InChI is InChI=1S/C25H40O3Si/c1-22(2,3)29(5,6)28-24-13-15-7-8-16-17-9-10-20(26)23(17,4)12-11-18(16)25(15)19(14-24)21(25)27-24/h15-19,21H,7-14H2,1-6H3/t15-,16-,17-,18-,19-,21?,23-,24-,25+/m0/s1. The molecule has 5 saturated carbocycles. The molecule has 1 unspecified atom stereocenters. The van der Waals surface area contributed by atoms with Gasteiger partial charge in [0.25, 0.3) is 0 Å². The van der Waals surface area contributed by atoms with Crippen LogP contribution in [0.1, 0.15) is 79.1 Å². The van der Waals surface area contributed by atoms with Gasteiger partial charge in [0.1, 0.15) is 5.78 Å². The average molecular weight is 417 g/mol. The third-order valence-electron chi connectivity index (χ3n) is 11.4. The van der Waals surface area contributed by atoms with E-state index in [2.05, 4.69) is 40.8 Å². The van der Waals surface area contributed by atoms with Crippen molar-refractivity contribution < 1.29 is 14.0 Å². The smallest absolute Gasteiger partial charge is 0.195 e. The van der Waals surface area contributed by atoms with E-state index in [-0.39, 0.29) is 16.2 Å². The summed E-state index contributed by atoms with van der Waals surface area (Å²) >= 11 is 0. The predicted molar refractivity (Wildman–Crippen MR) is 116 cm³/mol. The van der Waals surface area contributed by atoms with Gasteiger partial charge in [-0.3, -0.25) is 4.79 Å². The molecule has 7 aliphatic rings. The first-order chi connectivity index (χ1) is 13.4. The highest BCUT2D eigenvalue weighted by Gasteiger charge is 2.84. The third-order valence-corrected chi connectivity index (χ3v) is 15.9. The van der Waals surface area contributed by atoms with Crippen molar-refractivity contribution >= 4 is 14.1 Å². The highest BCUT2D eigenvalue weighted by Crippen LogP contribution is 2.82. The van der Waals surface area contributed by atoms with E-state index in [0.29, 0.717) is 23.2 Å². The molecule has 2 heterocycles. The van der Waals surface area contributed by atoms with Crippen LogP contribution in [0.25, 0.3) is 0 Å². The number of fused-ring (bicyclic) bond motifs is 3. The number of Topliss-reactive ketones (excluding diaryl/α,β-unsaturated/α-hetero) is 1. The quantitative estimate of drug-likeness (QED) is 0.523. The lowest BCUT2D eigenvalue weighted by atomic mass is 9.48. The summed E-state index contributed by atoms with van der Waals surface area (Å²) in [7, 11) is -1.84. The normalized spacial score (nSPS) is 55.3. The molecule has 162 valence electrons. The van der Waals surface area contributed by atoms with Crippen molar-refractivity contribution in [1.82, 2.24) is 0 Å². The Morgan fingerprint density at radius 2 is 1.79 bits per heavy atom. The Bertz CT molecular complexity index is 755. The van der Waals surface area contributed by atoms with Crippen molar-refractivity contribution in [2.75, 3.05) is 0 Å². The Morgan fingerprint density at radius 1 is 1.03 bits per heavy atom. The van der Waals surface area contributed by atoms with Gasteiger partial charge < -0.3 is 9.16 Å². The Hall–Kier alpha value is -0.193. The van der Waals surface area contributed by atoms with Gasteiger partial charge in [-0.2, -0.15) is 0 Å². The first-order valence-corrected chi connectivity index (χ1v) is 15.3. The predicted octanol–water partition coefficient (Wildman–Crippen LogP) is 5.93. The Labute approximate surface area is 177 Å². The number of hydrogen-bond acceptors (Lipinski definition) is 3. The van der Waals surface area contributed by atoms with E-state index in [9.17, 15) is 4.79 Å². The Kier molecular flexibility index (Phi) is 3.63. The zero-order chi connectivity index (χ0) is 20.6. The van der Waals surface area contributed by atoms with Crippen LogP contribution in [-0.4, -0.2) is 26.0 Å². The molecule has 7 rings (SSSR count). The topological polar surface area (TPSA) is 35.5 Å². The van der Waals surface area contributed by atoms with Crippen LogP contribution in [0.4, 0.5) is 0 Å². The van der Waals surface area contributed by atoms with Crippen LogP contribution in [-0.2, 0) is 14.0 Å². The van der Waals surface area contributed by atoms with E-state index in [1.54, 1.807) is 0 Å².